The SMILES string of the molecule is Cc1cn([C@H]2C[C@@H](O)[C@@H](COP(=O)(O)OP(=O)([O-])O[C@@H]3OC(CS)[C@H](O)[C@H](O)C3O)O2)c(=O)[nH]c1=O. The standard InChI is InChI=1S/C16H26N2O15P2S/c1-6-3-18(16(24)17-14(6)23)10-2-7(19)8(30-10)4-29-34(25,26)33-35(27,28)32-15-13(22)12(21)11(20)9(5-36)31-15/h3,7-13,15,19-22,36H,2,4-5H2,1H3,(H,25,26)(H,27,28)(H,17,23,24)/p-1/t7-,8-,9?,10-,11+,12+,13?,15+/m1/s1. The van der Waals surface area contributed by atoms with Gasteiger partial charge in [-0.2, -0.15) is 12.6 Å². The number of rotatable bonds is 9. The number of aromatic amines is 1. The molecule has 1 aromatic rings. The van der Waals surface area contributed by atoms with Crippen LogP contribution in [0.5, 0.6) is 0 Å². The van der Waals surface area contributed by atoms with Crippen LogP contribution < -0.4 is 16.1 Å². The molecule has 2 fully saturated rings. The number of hydrogen-bond donors (Lipinski definition) is 7. The molecule has 4 unspecified atom stereocenters. The van der Waals surface area contributed by atoms with Gasteiger partial charge in [-0.25, -0.2) is 13.7 Å². The number of aliphatic hydroxyl groups excluding tert-OH is 4. The number of ether oxygens (including phenoxy) is 2. The van der Waals surface area contributed by atoms with Crippen LogP contribution in [-0.4, -0.2) is 90.1 Å². The summed E-state index contributed by atoms with van der Waals surface area (Å²) in [7, 11) is -11.1. The first-order chi connectivity index (χ1) is 16.6. The minimum atomic E-state index is -5.73. The van der Waals surface area contributed by atoms with E-state index in [9.17, 15) is 48.9 Å². The maximum Gasteiger partial charge on any atom is 0.478 e. The molecule has 36 heavy (non-hydrogen) atoms. The summed E-state index contributed by atoms with van der Waals surface area (Å²) in [5.74, 6) is -0.202. The van der Waals surface area contributed by atoms with E-state index in [4.69, 9.17) is 9.47 Å². The van der Waals surface area contributed by atoms with Crippen molar-refractivity contribution in [3.05, 3.63) is 32.6 Å². The average molecular weight is 579 g/mol. The third kappa shape index (κ3) is 6.92. The van der Waals surface area contributed by atoms with E-state index in [0.717, 1.165) is 4.57 Å². The van der Waals surface area contributed by atoms with Gasteiger partial charge in [0.05, 0.1) is 18.8 Å². The number of phosphoric ester groups is 2. The van der Waals surface area contributed by atoms with Crippen molar-refractivity contribution in [1.29, 1.82) is 0 Å². The van der Waals surface area contributed by atoms with Gasteiger partial charge in [-0.05, 0) is 6.92 Å². The molecule has 0 radical (unpaired) electrons. The lowest BCUT2D eigenvalue weighted by molar-refractivity contribution is -0.295. The second-order valence-corrected chi connectivity index (χ2v) is 11.3. The highest BCUT2D eigenvalue weighted by molar-refractivity contribution is 7.80. The summed E-state index contributed by atoms with van der Waals surface area (Å²) < 4.78 is 48.7. The molecule has 0 spiro atoms. The number of aromatic nitrogens is 2. The predicted octanol–water partition coefficient (Wildman–Crippen LogP) is -3.15. The van der Waals surface area contributed by atoms with Gasteiger partial charge in [-0.15, -0.1) is 0 Å². The molecule has 17 nitrogen and oxygen atoms in total. The summed E-state index contributed by atoms with van der Waals surface area (Å²) in [6.07, 6.45) is -11.6. The minimum absolute atomic E-state index is 0.170. The van der Waals surface area contributed by atoms with Gasteiger partial charge in [-0.1, -0.05) is 0 Å². The van der Waals surface area contributed by atoms with Crippen LogP contribution in [0.4, 0.5) is 0 Å². The topological polar surface area (TPSA) is 259 Å². The van der Waals surface area contributed by atoms with Crippen molar-refractivity contribution < 1.29 is 62.2 Å². The zero-order valence-electron chi connectivity index (χ0n) is 18.4. The van der Waals surface area contributed by atoms with Crippen LogP contribution in [0.1, 0.15) is 18.2 Å². The first-order valence-corrected chi connectivity index (χ1v) is 13.9. The Balaban J connectivity index is 1.59. The fourth-order valence-electron chi connectivity index (χ4n) is 3.45. The van der Waals surface area contributed by atoms with Crippen molar-refractivity contribution in [2.24, 2.45) is 0 Å². The molecule has 3 rings (SSSR count). The van der Waals surface area contributed by atoms with Crippen LogP contribution in [0.2, 0.25) is 0 Å². The third-order valence-electron chi connectivity index (χ3n) is 5.35. The molecule has 1 aromatic heterocycles. The molecule has 0 bridgehead atoms. The number of aryl methyl sites for hydroxylation is 1. The summed E-state index contributed by atoms with van der Waals surface area (Å²) in [5.41, 5.74) is -1.26. The predicted molar refractivity (Wildman–Crippen MR) is 117 cm³/mol. The fraction of sp³-hybridized carbons (Fsp3) is 0.750. The van der Waals surface area contributed by atoms with E-state index in [2.05, 4.69) is 31.0 Å². The Bertz CT molecular complexity index is 1140. The summed E-state index contributed by atoms with van der Waals surface area (Å²) in [4.78, 5) is 47.5. The lowest BCUT2D eigenvalue weighted by Crippen LogP contribution is -2.58. The van der Waals surface area contributed by atoms with Crippen LogP contribution in [0, 0.1) is 6.92 Å². The maximum absolute atomic E-state index is 12.2. The molecule has 0 amide bonds. The highest BCUT2D eigenvalue weighted by Gasteiger charge is 2.46. The molecule has 0 saturated carbocycles. The van der Waals surface area contributed by atoms with Gasteiger partial charge in [0.25, 0.3) is 13.4 Å². The zero-order chi connectivity index (χ0) is 27.0. The van der Waals surface area contributed by atoms with Gasteiger partial charge in [0.15, 0.2) is 6.29 Å². The average Bonchev–Trinajstić information content (AvgIpc) is 3.14. The van der Waals surface area contributed by atoms with E-state index >= 15 is 0 Å². The Hall–Kier alpha value is -0.950. The summed E-state index contributed by atoms with van der Waals surface area (Å²) >= 11 is 3.85. The number of phosphoric acid groups is 2. The van der Waals surface area contributed by atoms with E-state index in [0.29, 0.717) is 0 Å². The Morgan fingerprint density at radius 3 is 2.47 bits per heavy atom. The summed E-state index contributed by atoms with van der Waals surface area (Å²) in [6.45, 7) is 0.569. The first kappa shape index (κ1) is 29.6. The minimum Gasteiger partial charge on any atom is -0.756 e. The first-order valence-electron chi connectivity index (χ1n) is 10.3. The molecule has 6 N–H and O–H groups in total. The fourth-order valence-corrected chi connectivity index (χ4v) is 5.87. The van der Waals surface area contributed by atoms with Gasteiger partial charge in [0.2, 0.25) is 0 Å². The second kappa shape index (κ2) is 11.4. The van der Waals surface area contributed by atoms with Gasteiger partial charge in [0.1, 0.15) is 30.6 Å². The number of nitrogens with zero attached hydrogens (tertiary/aromatic N) is 1. The van der Waals surface area contributed by atoms with Gasteiger partial charge < -0.3 is 39.7 Å². The van der Waals surface area contributed by atoms with Crippen molar-refractivity contribution >= 4 is 28.3 Å². The largest absolute Gasteiger partial charge is 0.756 e. The van der Waals surface area contributed by atoms with Gasteiger partial charge >= 0.3 is 13.5 Å². The van der Waals surface area contributed by atoms with Crippen LogP contribution in [0.3, 0.4) is 0 Å². The van der Waals surface area contributed by atoms with E-state index in [1.54, 1.807) is 0 Å². The number of hydrogen-bond acceptors (Lipinski definition) is 15. The Kier molecular flexibility index (Phi) is 9.40. The van der Waals surface area contributed by atoms with Crippen LogP contribution >= 0.6 is 28.3 Å². The number of aliphatic hydroxyl groups is 4. The van der Waals surface area contributed by atoms with Crippen LogP contribution in [0.25, 0.3) is 0 Å². The highest BCUT2D eigenvalue weighted by atomic mass is 32.1. The van der Waals surface area contributed by atoms with Crippen LogP contribution in [-0.2, 0) is 32.0 Å². The smallest absolute Gasteiger partial charge is 0.478 e. The molecule has 2 saturated heterocycles. The number of nitrogens with one attached hydrogen (secondary N) is 1. The third-order valence-corrected chi connectivity index (χ3v) is 8.27. The normalized spacial score (nSPS) is 36.3. The molecule has 20 heteroatoms. The summed E-state index contributed by atoms with van der Waals surface area (Å²) in [5, 5.41) is 39.6. The molecule has 0 aromatic carbocycles. The Morgan fingerprint density at radius 2 is 1.83 bits per heavy atom. The van der Waals surface area contributed by atoms with E-state index in [1.165, 1.54) is 13.1 Å². The Morgan fingerprint density at radius 1 is 1.17 bits per heavy atom. The lowest BCUT2D eigenvalue weighted by atomic mass is 10.0. The number of thiol groups is 1. The van der Waals surface area contributed by atoms with E-state index in [-0.39, 0.29) is 17.7 Å². The molecular weight excluding hydrogens is 554 g/mol. The monoisotopic (exact) mass is 579 g/mol. The molecular formula is C16H25N2O15P2S-. The Labute approximate surface area is 207 Å². The van der Waals surface area contributed by atoms with E-state index in [1.807, 2.05) is 0 Å². The molecule has 10 atom stereocenters. The van der Waals surface area contributed by atoms with Gasteiger partial charge in [0, 0.05) is 23.9 Å². The second-order valence-electron chi connectivity index (χ2n) is 8.01. The van der Waals surface area contributed by atoms with Crippen molar-refractivity contribution in [1.82, 2.24) is 9.55 Å². The lowest BCUT2D eigenvalue weighted by Gasteiger charge is -2.41. The van der Waals surface area contributed by atoms with Gasteiger partial charge in [-0.3, -0.25) is 28.0 Å². The van der Waals surface area contributed by atoms with Crippen molar-refractivity contribution in [3.8, 4) is 0 Å². The zero-order valence-corrected chi connectivity index (χ0v) is 21.1. The molecule has 2 aliphatic rings. The molecule has 206 valence electrons. The highest BCUT2D eigenvalue weighted by Crippen LogP contribution is 2.59. The number of H-pyrrole nitrogens is 1. The van der Waals surface area contributed by atoms with Crippen molar-refractivity contribution in [2.75, 3.05) is 12.4 Å². The van der Waals surface area contributed by atoms with Crippen molar-refractivity contribution in [2.45, 2.75) is 62.5 Å². The summed E-state index contributed by atoms with van der Waals surface area (Å²) in [6, 6.07) is 0. The van der Waals surface area contributed by atoms with E-state index < -0.39 is 82.6 Å². The molecule has 0 aliphatic carbocycles. The molecule has 2 aliphatic heterocycles. The maximum atomic E-state index is 12.2. The molecule has 3 heterocycles. The quantitative estimate of drug-likeness (QED) is 0.113. The van der Waals surface area contributed by atoms with Crippen LogP contribution in [0.15, 0.2) is 15.8 Å². The van der Waals surface area contributed by atoms with Crippen molar-refractivity contribution in [3.63, 3.8) is 0 Å².